The topological polar surface area (TPSA) is 96.9 Å². The summed E-state index contributed by atoms with van der Waals surface area (Å²) in [7, 11) is 0. The summed E-state index contributed by atoms with van der Waals surface area (Å²) >= 11 is 0. The van der Waals surface area contributed by atoms with Crippen LogP contribution in [0, 0.1) is 70.0 Å². The van der Waals surface area contributed by atoms with Gasteiger partial charge in [0.2, 0.25) is 11.8 Å². The summed E-state index contributed by atoms with van der Waals surface area (Å²) in [6.07, 6.45) is 9.62. The lowest BCUT2D eigenvalue weighted by Crippen LogP contribution is -2.64. The van der Waals surface area contributed by atoms with E-state index >= 15 is 0 Å². The molecule has 1 aromatic rings. The zero-order valence-electron chi connectivity index (χ0n) is 23.3. The minimum atomic E-state index is -0.310. The summed E-state index contributed by atoms with van der Waals surface area (Å²) in [5.74, 6) is 2.42. The number of allylic oxidation sites excluding steroid dienone is 2. The number of aryl methyl sites for hydroxylation is 1. The average Bonchev–Trinajstić information content (AvgIpc) is 3.29. The highest BCUT2D eigenvalue weighted by Crippen LogP contribution is 2.70. The van der Waals surface area contributed by atoms with Crippen molar-refractivity contribution >= 4 is 11.6 Å². The van der Waals surface area contributed by atoms with Gasteiger partial charge < -0.3 is 4.42 Å². The molecule has 6 heteroatoms. The molecule has 0 amide bonds. The maximum absolute atomic E-state index is 14.4. The second-order valence-electron chi connectivity index (χ2n) is 14.5. The molecule has 198 valence electrons. The molecular weight excluding hydrogens is 462 g/mol. The van der Waals surface area contributed by atoms with Gasteiger partial charge >= 0.3 is 0 Å². The van der Waals surface area contributed by atoms with Crippen molar-refractivity contribution in [3.8, 4) is 6.07 Å². The summed E-state index contributed by atoms with van der Waals surface area (Å²) in [6.45, 7) is 13.2. The molecule has 6 rings (SSSR count). The summed E-state index contributed by atoms with van der Waals surface area (Å²) < 4.78 is 6.13. The molecule has 0 bridgehead atoms. The molecule has 0 radical (unpaired) electrons. The second kappa shape index (κ2) is 7.87. The molecule has 0 N–H and O–H groups in total. The van der Waals surface area contributed by atoms with Gasteiger partial charge in [-0.3, -0.25) is 9.59 Å². The molecular formula is C31H41N3O3. The summed E-state index contributed by atoms with van der Waals surface area (Å²) in [6, 6.07) is 2.19. The Balaban J connectivity index is 1.44. The van der Waals surface area contributed by atoms with Crippen LogP contribution in [0.15, 0.2) is 16.1 Å². The standard InChI is InChI=1S/C31H41N3O3/c1-17-20-7-9-29(5)21-8-10-31(27-34-33-18(2)37-27)12-11-28(3,4)15-22(31)25(21)23(35)13-24(29)30(20,6)14-19(16-32)26(17)36/h14,17,20-22,24-25H,7-13,15H2,1-6H3. The number of rotatable bonds is 1. The maximum Gasteiger partial charge on any atom is 0.222 e. The second-order valence-corrected chi connectivity index (χ2v) is 14.5. The quantitative estimate of drug-likeness (QED) is 0.456. The molecule has 37 heavy (non-hydrogen) atoms. The van der Waals surface area contributed by atoms with Gasteiger partial charge in [0.1, 0.15) is 11.9 Å². The van der Waals surface area contributed by atoms with Crippen LogP contribution >= 0.6 is 0 Å². The van der Waals surface area contributed by atoms with Gasteiger partial charge in [0.25, 0.3) is 0 Å². The lowest BCUT2D eigenvalue weighted by atomic mass is 9.36. The lowest BCUT2D eigenvalue weighted by molar-refractivity contribution is -0.179. The first-order valence-corrected chi connectivity index (χ1v) is 14.4. The van der Waals surface area contributed by atoms with Gasteiger partial charge in [0.15, 0.2) is 5.78 Å². The molecule has 9 unspecified atom stereocenters. The van der Waals surface area contributed by atoms with Crippen molar-refractivity contribution in [2.45, 2.75) is 98.3 Å². The number of hydrogen-bond acceptors (Lipinski definition) is 6. The van der Waals surface area contributed by atoms with Crippen LogP contribution in [0.1, 0.15) is 97.8 Å². The number of ketones is 2. The van der Waals surface area contributed by atoms with Crippen molar-refractivity contribution in [1.82, 2.24) is 10.2 Å². The third kappa shape index (κ3) is 3.28. The first kappa shape index (κ1) is 25.0. The molecule has 4 fully saturated rings. The molecule has 5 aliphatic rings. The van der Waals surface area contributed by atoms with Crippen molar-refractivity contribution < 1.29 is 14.0 Å². The number of hydrogen-bond donors (Lipinski definition) is 0. The molecule has 6 nitrogen and oxygen atoms in total. The Hall–Kier alpha value is -2.29. The van der Waals surface area contributed by atoms with Crippen LogP contribution in [0.4, 0.5) is 0 Å². The third-order valence-corrected chi connectivity index (χ3v) is 12.3. The predicted molar refractivity (Wildman–Crippen MR) is 138 cm³/mol. The Morgan fingerprint density at radius 3 is 2.41 bits per heavy atom. The van der Waals surface area contributed by atoms with Gasteiger partial charge in [0.05, 0.1) is 11.0 Å². The average molecular weight is 504 g/mol. The summed E-state index contributed by atoms with van der Waals surface area (Å²) in [5, 5.41) is 18.5. The van der Waals surface area contributed by atoms with Crippen molar-refractivity contribution in [2.75, 3.05) is 0 Å². The molecule has 5 aliphatic carbocycles. The highest BCUT2D eigenvalue weighted by molar-refractivity contribution is 6.01. The van der Waals surface area contributed by atoms with Crippen LogP contribution in [0.3, 0.4) is 0 Å². The van der Waals surface area contributed by atoms with Crippen LogP contribution in [-0.2, 0) is 15.0 Å². The predicted octanol–water partition coefficient (Wildman–Crippen LogP) is 6.15. The van der Waals surface area contributed by atoms with Crippen LogP contribution in [0.5, 0.6) is 0 Å². The SMILES string of the molecule is Cc1nnc(C23CCC4C(C(=O)CC5C6(C)C=C(C#N)C(=O)C(C)C6CCC45C)C2CC(C)(C)CC3)o1. The highest BCUT2D eigenvalue weighted by atomic mass is 16.4. The van der Waals surface area contributed by atoms with E-state index in [1.54, 1.807) is 0 Å². The van der Waals surface area contributed by atoms with Gasteiger partial charge in [-0.25, -0.2) is 0 Å². The monoisotopic (exact) mass is 503 g/mol. The molecule has 0 spiro atoms. The fourth-order valence-corrected chi connectivity index (χ4v) is 10.4. The Labute approximate surface area is 220 Å². The number of fused-ring (bicyclic) bond motifs is 7. The van der Waals surface area contributed by atoms with Gasteiger partial charge in [-0.05, 0) is 84.9 Å². The minimum absolute atomic E-state index is 0.000487. The largest absolute Gasteiger partial charge is 0.425 e. The number of carbonyl (C=O) groups is 2. The molecule has 1 heterocycles. The lowest BCUT2D eigenvalue weighted by Gasteiger charge is -2.66. The Kier molecular flexibility index (Phi) is 5.32. The fraction of sp³-hybridized carbons (Fsp3) is 0.774. The zero-order chi connectivity index (χ0) is 26.5. The Morgan fingerprint density at radius 2 is 1.73 bits per heavy atom. The highest BCUT2D eigenvalue weighted by Gasteiger charge is 2.68. The third-order valence-electron chi connectivity index (χ3n) is 12.3. The molecule has 4 saturated carbocycles. The zero-order valence-corrected chi connectivity index (χ0v) is 23.3. The van der Waals surface area contributed by atoms with Gasteiger partial charge in [-0.1, -0.05) is 40.7 Å². The van der Waals surface area contributed by atoms with E-state index < -0.39 is 0 Å². The van der Waals surface area contributed by atoms with E-state index in [0.717, 1.165) is 50.8 Å². The van der Waals surface area contributed by atoms with E-state index in [-0.39, 0.29) is 57.0 Å². The van der Waals surface area contributed by atoms with Gasteiger partial charge in [0, 0.05) is 25.2 Å². The first-order valence-electron chi connectivity index (χ1n) is 14.4. The van der Waals surface area contributed by atoms with Crippen molar-refractivity contribution in [1.29, 1.82) is 5.26 Å². The van der Waals surface area contributed by atoms with E-state index in [0.29, 0.717) is 29.6 Å². The van der Waals surface area contributed by atoms with E-state index in [1.165, 1.54) is 0 Å². The molecule has 1 aromatic heterocycles. The van der Waals surface area contributed by atoms with Gasteiger partial charge in [-0.15, -0.1) is 10.2 Å². The van der Waals surface area contributed by atoms with Crippen molar-refractivity contribution in [3.63, 3.8) is 0 Å². The smallest absolute Gasteiger partial charge is 0.222 e. The van der Waals surface area contributed by atoms with Crippen LogP contribution in [-0.4, -0.2) is 21.8 Å². The fourth-order valence-electron chi connectivity index (χ4n) is 10.4. The van der Waals surface area contributed by atoms with Crippen molar-refractivity contribution in [3.05, 3.63) is 23.4 Å². The van der Waals surface area contributed by atoms with E-state index in [2.05, 4.69) is 44.0 Å². The first-order chi connectivity index (χ1) is 17.4. The Morgan fingerprint density at radius 1 is 1.00 bits per heavy atom. The number of Topliss-reactive ketones (excluding diaryl/α,β-unsaturated/α-hetero) is 2. The molecule has 0 aliphatic heterocycles. The Bertz CT molecular complexity index is 1240. The number of nitrogens with zero attached hydrogens (tertiary/aromatic N) is 3. The minimum Gasteiger partial charge on any atom is -0.425 e. The van der Waals surface area contributed by atoms with Gasteiger partial charge in [-0.2, -0.15) is 5.26 Å². The van der Waals surface area contributed by atoms with E-state index in [1.807, 2.05) is 19.9 Å². The van der Waals surface area contributed by atoms with E-state index in [9.17, 15) is 14.9 Å². The van der Waals surface area contributed by atoms with E-state index in [4.69, 9.17) is 4.42 Å². The van der Waals surface area contributed by atoms with Crippen LogP contribution < -0.4 is 0 Å². The van der Waals surface area contributed by atoms with Crippen LogP contribution in [0.25, 0.3) is 0 Å². The maximum atomic E-state index is 14.4. The number of aromatic nitrogens is 2. The van der Waals surface area contributed by atoms with Crippen molar-refractivity contribution in [2.24, 2.45) is 51.8 Å². The number of nitriles is 1. The summed E-state index contributed by atoms with van der Waals surface area (Å²) in [4.78, 5) is 27.3. The number of carbonyl (C=O) groups excluding carboxylic acids is 2. The molecule has 0 saturated heterocycles. The van der Waals surface area contributed by atoms with Crippen LogP contribution in [0.2, 0.25) is 0 Å². The molecule has 0 aromatic carbocycles. The molecule has 9 atom stereocenters. The summed E-state index contributed by atoms with van der Waals surface area (Å²) in [5.41, 5.74) is -0.0442. The normalized spacial score (nSPS) is 46.6.